The van der Waals surface area contributed by atoms with Crippen LogP contribution in [0.15, 0.2) is 15.0 Å². The topological polar surface area (TPSA) is 18.5 Å². The lowest BCUT2D eigenvalue weighted by atomic mass is 10.2. The predicted octanol–water partition coefficient (Wildman–Crippen LogP) is 3.84. The molecule has 14 heavy (non-hydrogen) atoms. The second kappa shape index (κ2) is 3.06. The van der Waals surface area contributed by atoms with Gasteiger partial charge in [-0.3, -0.25) is 0 Å². The molecule has 1 heterocycles. The maximum absolute atomic E-state index is 12.7. The number of rotatable bonds is 0. The van der Waals surface area contributed by atoms with Crippen LogP contribution in [-0.2, 0) is 0 Å². The zero-order valence-electron chi connectivity index (χ0n) is 6.91. The van der Waals surface area contributed by atoms with Crippen molar-refractivity contribution in [2.75, 3.05) is 0 Å². The van der Waals surface area contributed by atoms with Gasteiger partial charge in [0.2, 0.25) is 0 Å². The molecule has 0 unspecified atom stereocenters. The molecule has 0 bridgehead atoms. The number of ether oxygens (including phenoxy) is 2. The molecule has 0 aromatic heterocycles. The van der Waals surface area contributed by atoms with Crippen LogP contribution >= 0.6 is 31.9 Å². The van der Waals surface area contributed by atoms with Gasteiger partial charge in [0.05, 0.1) is 0 Å². The maximum atomic E-state index is 12.7. The predicted molar refractivity (Wildman–Crippen MR) is 52.8 cm³/mol. The smallest absolute Gasteiger partial charge is 0.395 e. The van der Waals surface area contributed by atoms with E-state index in [-0.39, 0.29) is 11.5 Å². The number of alkyl halides is 2. The van der Waals surface area contributed by atoms with E-state index in [9.17, 15) is 8.78 Å². The summed E-state index contributed by atoms with van der Waals surface area (Å²) < 4.78 is 35.4. The summed E-state index contributed by atoms with van der Waals surface area (Å²) in [7, 11) is 0. The summed E-state index contributed by atoms with van der Waals surface area (Å²) in [4.78, 5) is 0. The van der Waals surface area contributed by atoms with Gasteiger partial charge in [0.25, 0.3) is 0 Å². The molecule has 0 fully saturated rings. The summed E-state index contributed by atoms with van der Waals surface area (Å²) in [6, 6.07) is 1.44. The zero-order valence-corrected chi connectivity index (χ0v) is 10.1. The summed E-state index contributed by atoms with van der Waals surface area (Å²) >= 11 is 6.45. The third-order valence-corrected chi connectivity index (χ3v) is 3.99. The highest BCUT2D eigenvalue weighted by molar-refractivity contribution is 9.13. The molecule has 1 aromatic carbocycles. The molecule has 1 aliphatic heterocycles. The Hall–Kier alpha value is -0.360. The average Bonchev–Trinajstić information content (AvgIpc) is 2.37. The maximum Gasteiger partial charge on any atom is 0.586 e. The lowest BCUT2D eigenvalue weighted by Gasteiger charge is -2.05. The lowest BCUT2D eigenvalue weighted by Crippen LogP contribution is -2.26. The van der Waals surface area contributed by atoms with Gasteiger partial charge in [-0.1, -0.05) is 0 Å². The van der Waals surface area contributed by atoms with E-state index in [1.54, 1.807) is 6.92 Å². The Morgan fingerprint density at radius 2 is 1.93 bits per heavy atom. The average molecular weight is 330 g/mol. The van der Waals surface area contributed by atoms with Crippen molar-refractivity contribution in [2.24, 2.45) is 0 Å². The third kappa shape index (κ3) is 1.50. The molecule has 76 valence electrons. The summed E-state index contributed by atoms with van der Waals surface area (Å²) in [5.74, 6) is 0.118. The van der Waals surface area contributed by atoms with Crippen molar-refractivity contribution in [2.45, 2.75) is 13.2 Å². The Labute approximate surface area is 95.4 Å². The molecule has 1 aromatic rings. The van der Waals surface area contributed by atoms with Gasteiger partial charge in [0.1, 0.15) is 0 Å². The minimum absolute atomic E-state index is 0.0441. The molecule has 0 saturated carbocycles. The first-order chi connectivity index (χ1) is 6.41. The molecule has 1 aliphatic rings. The second-order valence-electron chi connectivity index (χ2n) is 2.79. The van der Waals surface area contributed by atoms with Crippen molar-refractivity contribution in [3.8, 4) is 11.5 Å². The van der Waals surface area contributed by atoms with Gasteiger partial charge in [0, 0.05) is 14.5 Å². The highest BCUT2D eigenvalue weighted by Gasteiger charge is 2.44. The van der Waals surface area contributed by atoms with E-state index in [1.807, 2.05) is 0 Å². The minimum atomic E-state index is -3.56. The van der Waals surface area contributed by atoms with E-state index >= 15 is 0 Å². The van der Waals surface area contributed by atoms with E-state index in [0.29, 0.717) is 14.5 Å². The van der Waals surface area contributed by atoms with Crippen LogP contribution in [0.25, 0.3) is 0 Å². The molecule has 0 aliphatic carbocycles. The van der Waals surface area contributed by atoms with Crippen LogP contribution in [0.3, 0.4) is 0 Å². The monoisotopic (exact) mass is 328 g/mol. The van der Waals surface area contributed by atoms with Crippen LogP contribution in [0.1, 0.15) is 5.56 Å². The molecular weight excluding hydrogens is 326 g/mol. The fraction of sp³-hybridized carbons (Fsp3) is 0.250. The Kier molecular flexibility index (Phi) is 2.23. The number of benzene rings is 1. The van der Waals surface area contributed by atoms with Crippen LogP contribution in [0.5, 0.6) is 11.5 Å². The highest BCUT2D eigenvalue weighted by Crippen LogP contribution is 2.47. The molecule has 6 heteroatoms. The fourth-order valence-electron chi connectivity index (χ4n) is 1.18. The van der Waals surface area contributed by atoms with E-state index < -0.39 is 6.29 Å². The van der Waals surface area contributed by atoms with Crippen LogP contribution in [-0.4, -0.2) is 6.29 Å². The Balaban J connectivity index is 2.59. The van der Waals surface area contributed by atoms with Gasteiger partial charge in [-0.2, -0.15) is 0 Å². The summed E-state index contributed by atoms with van der Waals surface area (Å²) in [5, 5.41) is 0. The van der Waals surface area contributed by atoms with Crippen LogP contribution < -0.4 is 9.47 Å². The van der Waals surface area contributed by atoms with Crippen LogP contribution in [0, 0.1) is 6.92 Å². The number of hydrogen-bond acceptors (Lipinski definition) is 2. The van der Waals surface area contributed by atoms with Crippen LogP contribution in [0.4, 0.5) is 8.78 Å². The van der Waals surface area contributed by atoms with Crippen molar-refractivity contribution in [1.82, 2.24) is 0 Å². The highest BCUT2D eigenvalue weighted by atomic mass is 79.9. The van der Waals surface area contributed by atoms with Crippen molar-refractivity contribution in [1.29, 1.82) is 0 Å². The quantitative estimate of drug-likeness (QED) is 0.720. The van der Waals surface area contributed by atoms with Gasteiger partial charge in [0.15, 0.2) is 11.5 Å². The fourth-order valence-corrected chi connectivity index (χ4v) is 1.98. The molecule has 0 amide bonds. The Bertz CT molecular complexity index is 407. The van der Waals surface area contributed by atoms with Crippen molar-refractivity contribution >= 4 is 31.9 Å². The first kappa shape index (κ1) is 10.2. The minimum Gasteiger partial charge on any atom is -0.395 e. The van der Waals surface area contributed by atoms with E-state index in [0.717, 1.165) is 0 Å². The molecule has 0 spiro atoms. The van der Waals surface area contributed by atoms with E-state index in [4.69, 9.17) is 0 Å². The molecule has 0 saturated heterocycles. The van der Waals surface area contributed by atoms with Crippen molar-refractivity contribution in [3.63, 3.8) is 0 Å². The zero-order chi connectivity index (χ0) is 10.5. The largest absolute Gasteiger partial charge is 0.586 e. The molecule has 0 radical (unpaired) electrons. The SMILES string of the molecule is Cc1c(Br)c(Br)cc2c1OC(F)(F)O2. The molecule has 2 nitrogen and oxygen atoms in total. The summed E-state index contributed by atoms with van der Waals surface area (Å²) in [5.41, 5.74) is 0.576. The number of fused-ring (bicyclic) bond motifs is 1. The second-order valence-corrected chi connectivity index (χ2v) is 4.44. The molecule has 2 rings (SSSR count). The standard InChI is InChI=1S/C8H4Br2F2O2/c1-3-6(10)4(9)2-5-7(3)14-8(11,12)13-5/h2H,1H3. The third-order valence-electron chi connectivity index (χ3n) is 1.81. The lowest BCUT2D eigenvalue weighted by molar-refractivity contribution is -0.286. The molecule has 0 atom stereocenters. The van der Waals surface area contributed by atoms with Gasteiger partial charge in [-0.15, -0.1) is 8.78 Å². The normalized spacial score (nSPS) is 17.2. The van der Waals surface area contributed by atoms with Gasteiger partial charge in [-0.25, -0.2) is 0 Å². The van der Waals surface area contributed by atoms with Gasteiger partial charge in [-0.05, 0) is 44.8 Å². The van der Waals surface area contributed by atoms with Gasteiger partial charge >= 0.3 is 6.29 Å². The molecule has 0 N–H and O–H groups in total. The van der Waals surface area contributed by atoms with E-state index in [1.165, 1.54) is 6.07 Å². The van der Waals surface area contributed by atoms with Crippen LogP contribution in [0.2, 0.25) is 0 Å². The number of hydrogen-bond donors (Lipinski definition) is 0. The first-order valence-electron chi connectivity index (χ1n) is 3.65. The van der Waals surface area contributed by atoms with E-state index in [2.05, 4.69) is 41.3 Å². The van der Waals surface area contributed by atoms with Crippen molar-refractivity contribution < 1.29 is 18.3 Å². The Morgan fingerprint density at radius 1 is 1.29 bits per heavy atom. The van der Waals surface area contributed by atoms with Crippen molar-refractivity contribution in [3.05, 3.63) is 20.6 Å². The summed E-state index contributed by atoms with van der Waals surface area (Å²) in [6.07, 6.45) is -3.56. The number of halogens is 4. The van der Waals surface area contributed by atoms with Gasteiger partial charge < -0.3 is 9.47 Å². The Morgan fingerprint density at radius 3 is 2.57 bits per heavy atom. The first-order valence-corrected chi connectivity index (χ1v) is 5.24. The summed E-state index contributed by atoms with van der Waals surface area (Å²) in [6.45, 7) is 1.67. The molecular formula is C8H4Br2F2O2.